The monoisotopic (exact) mass is 403 g/mol. The normalized spacial score (nSPS) is 11.3. The van der Waals surface area contributed by atoms with Crippen LogP contribution in [0.5, 0.6) is 5.75 Å². The smallest absolute Gasteiger partial charge is 0.137 e. The molecule has 0 fully saturated rings. The van der Waals surface area contributed by atoms with Gasteiger partial charge in [0, 0.05) is 6.07 Å². The molecule has 0 spiro atoms. The predicted octanol–water partition coefficient (Wildman–Crippen LogP) is 7.53. The number of phenols is 1. The van der Waals surface area contributed by atoms with Crippen LogP contribution < -0.4 is 0 Å². The summed E-state index contributed by atoms with van der Waals surface area (Å²) in [5.74, 6) is -0.900. The first kappa shape index (κ1) is 22.0. The topological polar surface area (TPSA) is 33.1 Å². The second kappa shape index (κ2) is 8.39. The zero-order chi connectivity index (χ0) is 21.2. The van der Waals surface area contributed by atoms with Crippen molar-refractivity contribution in [3.05, 3.63) is 59.2 Å². The molecular weight excluding hydrogens is 376 g/mol. The molecule has 0 saturated heterocycles. The lowest BCUT2D eigenvalue weighted by Crippen LogP contribution is -2.19. The van der Waals surface area contributed by atoms with Crippen LogP contribution in [0.25, 0.3) is 20.8 Å². The minimum Gasteiger partial charge on any atom is -0.508 e. The number of hydrogen-bond acceptors (Lipinski definition) is 3. The quantitative estimate of drug-likeness (QED) is 0.459. The van der Waals surface area contributed by atoms with Crippen LogP contribution in [0.3, 0.4) is 0 Å². The molecule has 2 aromatic carbocycles. The van der Waals surface area contributed by atoms with Gasteiger partial charge in [0.25, 0.3) is 0 Å². The highest BCUT2D eigenvalue weighted by Gasteiger charge is 2.29. The van der Waals surface area contributed by atoms with Crippen molar-refractivity contribution >= 4 is 21.6 Å². The minimum absolute atomic E-state index is 0.0556. The minimum atomic E-state index is -0.505. The van der Waals surface area contributed by atoms with Gasteiger partial charge in [-0.2, -0.15) is 0 Å². The highest BCUT2D eigenvalue weighted by atomic mass is 32.1. The summed E-state index contributed by atoms with van der Waals surface area (Å²) in [5.41, 5.74) is 3.29. The van der Waals surface area contributed by atoms with Gasteiger partial charge in [0.05, 0.1) is 15.8 Å². The Bertz CT molecular complexity index is 1020. The van der Waals surface area contributed by atoms with Gasteiger partial charge in [-0.3, -0.25) is 0 Å². The van der Waals surface area contributed by atoms with E-state index in [1.807, 2.05) is 34.6 Å². The van der Waals surface area contributed by atoms with Gasteiger partial charge >= 0.3 is 0 Å². The summed E-state index contributed by atoms with van der Waals surface area (Å²) >= 11 is 1.26. The van der Waals surface area contributed by atoms with Crippen LogP contribution in [-0.2, 0) is 5.41 Å². The molecule has 0 unspecified atom stereocenters. The van der Waals surface area contributed by atoms with E-state index in [9.17, 15) is 13.9 Å². The van der Waals surface area contributed by atoms with Crippen LogP contribution in [0.1, 0.15) is 52.2 Å². The Morgan fingerprint density at radius 1 is 1.21 bits per heavy atom. The molecule has 0 atom stereocenters. The summed E-state index contributed by atoms with van der Waals surface area (Å²) in [5, 5.41) is 10.6. The van der Waals surface area contributed by atoms with Crippen LogP contribution in [0, 0.1) is 18.6 Å². The molecular formula is C23H27F2NOS. The maximum atomic E-state index is 14.8. The second-order valence-corrected chi connectivity index (χ2v) is 8.86. The first-order valence-electron chi connectivity index (χ1n) is 9.19. The van der Waals surface area contributed by atoms with Gasteiger partial charge in [0.1, 0.15) is 22.4 Å². The number of fused-ring (bicyclic) bond motifs is 1. The summed E-state index contributed by atoms with van der Waals surface area (Å²) in [6, 6.07) is 5.49. The zero-order valence-electron chi connectivity index (χ0n) is 17.3. The number of halogens is 2. The summed E-state index contributed by atoms with van der Waals surface area (Å²) in [6.45, 7) is 15.4. The maximum Gasteiger partial charge on any atom is 0.137 e. The fraction of sp³-hybridized carbons (Fsp3) is 0.348. The van der Waals surface area contributed by atoms with E-state index in [-0.39, 0.29) is 17.0 Å². The van der Waals surface area contributed by atoms with Crippen LogP contribution in [0.15, 0.2) is 36.4 Å². The maximum absolute atomic E-state index is 14.8. The van der Waals surface area contributed by atoms with Crippen molar-refractivity contribution in [2.45, 2.75) is 53.4 Å². The molecule has 5 heteroatoms. The molecule has 150 valence electrons. The van der Waals surface area contributed by atoms with E-state index < -0.39 is 5.82 Å². The van der Waals surface area contributed by atoms with Crippen LogP contribution in [0.2, 0.25) is 0 Å². The number of nitrogens with zero attached hydrogens (tertiary/aromatic N) is 1. The van der Waals surface area contributed by atoms with Crippen molar-refractivity contribution in [2.75, 3.05) is 0 Å². The largest absolute Gasteiger partial charge is 0.508 e. The molecule has 1 aromatic heterocycles. The van der Waals surface area contributed by atoms with E-state index >= 15 is 0 Å². The number of phenolic OH excluding ortho intramolecular Hbond substituents is 1. The molecule has 0 aliphatic carbocycles. The first-order chi connectivity index (χ1) is 13.0. The number of allylic oxidation sites excluding steroid dienone is 1. The van der Waals surface area contributed by atoms with Crippen molar-refractivity contribution in [2.24, 2.45) is 0 Å². The Morgan fingerprint density at radius 2 is 1.82 bits per heavy atom. The van der Waals surface area contributed by atoms with Gasteiger partial charge < -0.3 is 5.11 Å². The van der Waals surface area contributed by atoms with E-state index in [1.54, 1.807) is 13.0 Å². The van der Waals surface area contributed by atoms with Gasteiger partial charge in [-0.25, -0.2) is 13.8 Å². The SMILES string of the molecule is C=C(C)C.CCC(C)(C)c1c(C)c(O)cc(F)c1-c1nc2ccc(F)cc2s1. The van der Waals surface area contributed by atoms with Crippen LogP contribution in [-0.4, -0.2) is 10.1 Å². The molecule has 0 saturated carbocycles. The molecule has 1 heterocycles. The summed E-state index contributed by atoms with van der Waals surface area (Å²) in [7, 11) is 0. The van der Waals surface area contributed by atoms with Crippen LogP contribution in [0.4, 0.5) is 8.78 Å². The van der Waals surface area contributed by atoms with Gasteiger partial charge in [-0.05, 0) is 61.9 Å². The molecule has 0 bridgehead atoms. The van der Waals surface area contributed by atoms with Gasteiger partial charge in [-0.15, -0.1) is 17.9 Å². The summed E-state index contributed by atoms with van der Waals surface area (Å²) in [4.78, 5) is 4.49. The lowest BCUT2D eigenvalue weighted by Gasteiger charge is -2.28. The number of aromatic nitrogens is 1. The second-order valence-electron chi connectivity index (χ2n) is 7.83. The number of benzene rings is 2. The van der Waals surface area contributed by atoms with E-state index in [0.29, 0.717) is 26.4 Å². The molecule has 28 heavy (non-hydrogen) atoms. The Kier molecular flexibility index (Phi) is 6.60. The highest BCUT2D eigenvalue weighted by molar-refractivity contribution is 7.21. The fourth-order valence-corrected chi connectivity index (χ4v) is 4.02. The Balaban J connectivity index is 0.000000640. The van der Waals surface area contributed by atoms with Crippen molar-refractivity contribution in [1.29, 1.82) is 0 Å². The van der Waals surface area contributed by atoms with E-state index in [4.69, 9.17) is 0 Å². The number of hydrogen-bond donors (Lipinski definition) is 1. The fourth-order valence-electron chi connectivity index (χ4n) is 2.97. The Morgan fingerprint density at radius 3 is 2.39 bits per heavy atom. The molecule has 2 nitrogen and oxygen atoms in total. The van der Waals surface area contributed by atoms with E-state index in [2.05, 4.69) is 11.6 Å². The van der Waals surface area contributed by atoms with Gasteiger partial charge in [0.15, 0.2) is 0 Å². The zero-order valence-corrected chi connectivity index (χ0v) is 18.1. The lowest BCUT2D eigenvalue weighted by molar-refractivity contribution is 0.451. The third-order valence-electron chi connectivity index (χ3n) is 4.64. The molecule has 1 N–H and O–H groups in total. The van der Waals surface area contributed by atoms with Crippen molar-refractivity contribution in [1.82, 2.24) is 4.98 Å². The number of rotatable bonds is 3. The van der Waals surface area contributed by atoms with Crippen LogP contribution >= 0.6 is 11.3 Å². The van der Waals surface area contributed by atoms with Gasteiger partial charge in [-0.1, -0.05) is 26.3 Å². The molecule has 0 radical (unpaired) electrons. The predicted molar refractivity (Wildman–Crippen MR) is 115 cm³/mol. The standard InChI is InChI=1S/C19H19F2NOS.C4H8/c1-5-19(3,4)17-10(2)14(23)9-12(21)16(17)18-22-13-7-6-11(20)8-15(13)24-18;1-4(2)3/h6-9,23H,5H2,1-4H3;1H2,2-3H3. The first-order valence-corrected chi connectivity index (χ1v) is 10.0. The van der Waals surface area contributed by atoms with Crippen molar-refractivity contribution in [3.63, 3.8) is 0 Å². The summed E-state index contributed by atoms with van der Waals surface area (Å²) in [6.07, 6.45) is 0.781. The third-order valence-corrected chi connectivity index (χ3v) is 5.67. The molecule has 0 aliphatic rings. The Labute approximate surface area is 169 Å². The third kappa shape index (κ3) is 4.58. The lowest BCUT2D eigenvalue weighted by atomic mass is 9.77. The molecule has 0 aliphatic heterocycles. The van der Waals surface area contributed by atoms with E-state index in [1.165, 1.54) is 29.0 Å². The summed E-state index contributed by atoms with van der Waals surface area (Å²) < 4.78 is 28.9. The molecule has 0 amide bonds. The average molecular weight is 404 g/mol. The number of aromatic hydroxyl groups is 1. The highest BCUT2D eigenvalue weighted by Crippen LogP contribution is 2.44. The van der Waals surface area contributed by atoms with Gasteiger partial charge in [0.2, 0.25) is 0 Å². The average Bonchev–Trinajstić information content (AvgIpc) is 2.99. The van der Waals surface area contributed by atoms with Crippen molar-refractivity contribution < 1.29 is 13.9 Å². The number of thiazole rings is 1. The molecule has 3 aromatic rings. The van der Waals surface area contributed by atoms with E-state index in [0.717, 1.165) is 18.1 Å². The molecule has 3 rings (SSSR count). The Hall–Kier alpha value is -2.27. The van der Waals surface area contributed by atoms with Crippen molar-refractivity contribution in [3.8, 4) is 16.3 Å².